The summed E-state index contributed by atoms with van der Waals surface area (Å²) >= 11 is 0. The molecule has 2 rings (SSSR count). The quantitative estimate of drug-likeness (QED) is 0.836. The predicted octanol–water partition coefficient (Wildman–Crippen LogP) is 0.240. The Bertz CT molecular complexity index is 579. The summed E-state index contributed by atoms with van der Waals surface area (Å²) < 4.78 is 18.5. The Balaban J connectivity index is 2.17. The number of amides is 2. The topological polar surface area (TPSA) is 70.7 Å². The third kappa shape index (κ3) is 3.36. The van der Waals surface area contributed by atoms with E-state index in [2.05, 4.69) is 10.6 Å². The monoisotopic (exact) mass is 309 g/mol. The van der Waals surface area contributed by atoms with Gasteiger partial charge < -0.3 is 20.3 Å². The molecule has 7 heteroatoms. The van der Waals surface area contributed by atoms with Gasteiger partial charge in [-0.3, -0.25) is 9.59 Å². The largest absolute Gasteiger partial charge is 0.496 e. The van der Waals surface area contributed by atoms with E-state index in [1.165, 1.54) is 19.2 Å². The molecule has 120 valence electrons. The summed E-state index contributed by atoms with van der Waals surface area (Å²) in [6.45, 7) is 1.12. The Morgan fingerprint density at radius 2 is 2.09 bits per heavy atom. The van der Waals surface area contributed by atoms with E-state index in [0.29, 0.717) is 18.8 Å². The minimum atomic E-state index is -0.516. The van der Waals surface area contributed by atoms with Crippen molar-refractivity contribution in [2.75, 3.05) is 34.3 Å². The number of nitrogens with zero attached hydrogens (tertiary/aromatic N) is 1. The maximum atomic E-state index is 13.4. The minimum absolute atomic E-state index is 0.118. The molecular weight excluding hydrogens is 289 g/mol. The lowest BCUT2D eigenvalue weighted by Crippen LogP contribution is -2.45. The van der Waals surface area contributed by atoms with Crippen molar-refractivity contribution in [3.63, 3.8) is 0 Å². The smallest absolute Gasteiger partial charge is 0.255 e. The second-order valence-corrected chi connectivity index (χ2v) is 5.37. The fourth-order valence-electron chi connectivity index (χ4n) is 2.70. The van der Waals surface area contributed by atoms with Crippen LogP contribution in [0.1, 0.15) is 10.4 Å². The lowest BCUT2D eigenvalue weighted by molar-refractivity contribution is -0.124. The summed E-state index contributed by atoms with van der Waals surface area (Å²) in [5.74, 6) is -1.14. The molecule has 22 heavy (non-hydrogen) atoms. The van der Waals surface area contributed by atoms with E-state index in [-0.39, 0.29) is 23.4 Å². The van der Waals surface area contributed by atoms with Gasteiger partial charge in [-0.25, -0.2) is 4.39 Å². The van der Waals surface area contributed by atoms with Crippen LogP contribution in [0.2, 0.25) is 0 Å². The van der Waals surface area contributed by atoms with Crippen LogP contribution < -0.4 is 15.4 Å². The Labute approximate surface area is 128 Å². The van der Waals surface area contributed by atoms with Gasteiger partial charge in [0.25, 0.3) is 5.91 Å². The SMILES string of the molecule is CNC(=O)[C@@H]1CN(C)C[C@@H]1NC(=O)c1cc(F)ccc1OC. The van der Waals surface area contributed by atoms with Crippen molar-refractivity contribution < 1.29 is 18.7 Å². The zero-order valence-corrected chi connectivity index (χ0v) is 12.9. The first-order chi connectivity index (χ1) is 10.5. The van der Waals surface area contributed by atoms with Crippen LogP contribution in [0.4, 0.5) is 4.39 Å². The Hall–Kier alpha value is -2.15. The molecule has 0 bridgehead atoms. The summed E-state index contributed by atoms with van der Waals surface area (Å²) in [4.78, 5) is 26.2. The summed E-state index contributed by atoms with van der Waals surface area (Å²) in [6, 6.07) is 3.43. The van der Waals surface area contributed by atoms with Crippen LogP contribution in [-0.2, 0) is 4.79 Å². The van der Waals surface area contributed by atoms with Crippen molar-refractivity contribution in [1.82, 2.24) is 15.5 Å². The molecule has 0 unspecified atom stereocenters. The fourth-order valence-corrected chi connectivity index (χ4v) is 2.70. The second kappa shape index (κ2) is 6.74. The van der Waals surface area contributed by atoms with Gasteiger partial charge in [-0.05, 0) is 25.2 Å². The summed E-state index contributed by atoms with van der Waals surface area (Å²) in [5.41, 5.74) is 0.118. The number of carbonyl (C=O) groups excluding carboxylic acids is 2. The third-order valence-corrected chi connectivity index (χ3v) is 3.81. The zero-order chi connectivity index (χ0) is 16.3. The number of nitrogens with one attached hydrogen (secondary N) is 2. The van der Waals surface area contributed by atoms with Crippen molar-refractivity contribution in [2.45, 2.75) is 6.04 Å². The number of hydrogen-bond acceptors (Lipinski definition) is 4. The molecule has 1 fully saturated rings. The van der Waals surface area contributed by atoms with Gasteiger partial charge in [-0.15, -0.1) is 0 Å². The Morgan fingerprint density at radius 1 is 1.36 bits per heavy atom. The molecule has 2 atom stereocenters. The van der Waals surface area contributed by atoms with E-state index < -0.39 is 11.7 Å². The molecule has 0 saturated carbocycles. The molecule has 2 amide bonds. The maximum Gasteiger partial charge on any atom is 0.255 e. The highest BCUT2D eigenvalue weighted by Gasteiger charge is 2.36. The predicted molar refractivity (Wildman–Crippen MR) is 79.3 cm³/mol. The zero-order valence-electron chi connectivity index (χ0n) is 12.9. The van der Waals surface area contributed by atoms with Gasteiger partial charge >= 0.3 is 0 Å². The second-order valence-electron chi connectivity index (χ2n) is 5.37. The average Bonchev–Trinajstić information content (AvgIpc) is 2.86. The summed E-state index contributed by atoms with van der Waals surface area (Å²) in [5, 5.41) is 5.41. The number of likely N-dealkylation sites (tertiary alicyclic amines) is 1. The van der Waals surface area contributed by atoms with Crippen molar-refractivity contribution >= 4 is 11.8 Å². The van der Waals surface area contributed by atoms with Crippen LogP contribution in [0.25, 0.3) is 0 Å². The molecule has 6 nitrogen and oxygen atoms in total. The highest BCUT2D eigenvalue weighted by Crippen LogP contribution is 2.21. The van der Waals surface area contributed by atoms with E-state index in [4.69, 9.17) is 4.74 Å². The molecule has 1 aromatic carbocycles. The van der Waals surface area contributed by atoms with E-state index in [0.717, 1.165) is 6.07 Å². The minimum Gasteiger partial charge on any atom is -0.496 e. The van der Waals surface area contributed by atoms with Crippen molar-refractivity contribution in [3.05, 3.63) is 29.6 Å². The van der Waals surface area contributed by atoms with Gasteiger partial charge in [0.05, 0.1) is 24.6 Å². The first kappa shape index (κ1) is 16.2. The molecule has 1 heterocycles. The maximum absolute atomic E-state index is 13.4. The van der Waals surface area contributed by atoms with E-state index >= 15 is 0 Å². The fraction of sp³-hybridized carbons (Fsp3) is 0.467. The molecule has 0 aliphatic carbocycles. The summed E-state index contributed by atoms with van der Waals surface area (Å²) in [6.07, 6.45) is 0. The van der Waals surface area contributed by atoms with Gasteiger partial charge in [0, 0.05) is 20.1 Å². The lowest BCUT2D eigenvalue weighted by atomic mass is 10.0. The van der Waals surface area contributed by atoms with Gasteiger partial charge in [0.2, 0.25) is 5.91 Å². The van der Waals surface area contributed by atoms with Gasteiger partial charge in [-0.1, -0.05) is 0 Å². The van der Waals surface area contributed by atoms with Gasteiger partial charge in [-0.2, -0.15) is 0 Å². The number of carbonyl (C=O) groups is 2. The number of benzene rings is 1. The van der Waals surface area contributed by atoms with Crippen LogP contribution in [0, 0.1) is 11.7 Å². The number of likely N-dealkylation sites (N-methyl/N-ethyl adjacent to an activating group) is 1. The van der Waals surface area contributed by atoms with E-state index in [1.807, 2.05) is 11.9 Å². The highest BCUT2D eigenvalue weighted by atomic mass is 19.1. The normalized spacial score (nSPS) is 21.5. The van der Waals surface area contributed by atoms with Gasteiger partial charge in [0.15, 0.2) is 0 Å². The van der Waals surface area contributed by atoms with Crippen molar-refractivity contribution in [3.8, 4) is 5.75 Å². The van der Waals surface area contributed by atoms with Crippen molar-refractivity contribution in [1.29, 1.82) is 0 Å². The highest BCUT2D eigenvalue weighted by molar-refractivity contribution is 5.97. The molecule has 1 aliphatic heterocycles. The molecule has 1 aromatic rings. The molecule has 1 aliphatic rings. The first-order valence-electron chi connectivity index (χ1n) is 7.00. The number of rotatable bonds is 4. The first-order valence-corrected chi connectivity index (χ1v) is 7.00. The Morgan fingerprint density at radius 3 is 2.73 bits per heavy atom. The number of halogens is 1. The van der Waals surface area contributed by atoms with Crippen LogP contribution >= 0.6 is 0 Å². The molecule has 0 aromatic heterocycles. The van der Waals surface area contributed by atoms with Crippen LogP contribution in [0.3, 0.4) is 0 Å². The number of methoxy groups -OCH3 is 1. The van der Waals surface area contributed by atoms with Crippen molar-refractivity contribution in [2.24, 2.45) is 5.92 Å². The molecule has 2 N–H and O–H groups in total. The number of ether oxygens (including phenoxy) is 1. The molecule has 1 saturated heterocycles. The van der Waals surface area contributed by atoms with Crippen LogP contribution in [0.15, 0.2) is 18.2 Å². The van der Waals surface area contributed by atoms with E-state index in [9.17, 15) is 14.0 Å². The molecule has 0 spiro atoms. The third-order valence-electron chi connectivity index (χ3n) is 3.81. The van der Waals surface area contributed by atoms with Crippen LogP contribution in [0.5, 0.6) is 5.75 Å². The lowest BCUT2D eigenvalue weighted by Gasteiger charge is -2.19. The molecule has 0 radical (unpaired) electrons. The number of hydrogen-bond donors (Lipinski definition) is 2. The standard InChI is InChI=1S/C15H20FN3O3/c1-17-14(20)11-7-19(2)8-12(11)18-15(21)10-6-9(16)4-5-13(10)22-3/h4-6,11-12H,7-8H2,1-3H3,(H,17,20)(H,18,21)/t11-,12+/m1/s1. The van der Waals surface area contributed by atoms with Gasteiger partial charge in [0.1, 0.15) is 11.6 Å². The molecular formula is C15H20FN3O3. The van der Waals surface area contributed by atoms with E-state index in [1.54, 1.807) is 7.05 Å². The Kier molecular flexibility index (Phi) is 4.97. The average molecular weight is 309 g/mol. The van der Waals surface area contributed by atoms with Crippen LogP contribution in [-0.4, -0.2) is 57.1 Å². The summed E-state index contributed by atoms with van der Waals surface area (Å²) in [7, 11) is 4.86.